The van der Waals surface area contributed by atoms with Gasteiger partial charge in [-0.15, -0.1) is 0 Å². The highest BCUT2D eigenvalue weighted by molar-refractivity contribution is 6.64. The van der Waals surface area contributed by atoms with Crippen LogP contribution in [0.5, 0.6) is 0 Å². The Bertz CT molecular complexity index is 525. The lowest BCUT2D eigenvalue weighted by molar-refractivity contribution is 0.00578. The summed E-state index contributed by atoms with van der Waals surface area (Å²) in [6.45, 7) is 10.5. The minimum Gasteiger partial charge on any atom is -0.399 e. The lowest BCUT2D eigenvalue weighted by atomic mass is 9.77. The van der Waals surface area contributed by atoms with E-state index >= 15 is 0 Å². The van der Waals surface area contributed by atoms with E-state index in [1.165, 1.54) is 12.8 Å². The molecule has 2 aliphatic rings. The van der Waals surface area contributed by atoms with Gasteiger partial charge < -0.3 is 14.2 Å². The maximum atomic E-state index is 6.21. The van der Waals surface area contributed by atoms with Crippen molar-refractivity contribution >= 4 is 29.9 Å². The van der Waals surface area contributed by atoms with Crippen molar-refractivity contribution in [3.63, 3.8) is 0 Å². The molecule has 0 spiro atoms. The molecule has 5 heteroatoms. The molecule has 2 saturated heterocycles. The van der Waals surface area contributed by atoms with Crippen molar-refractivity contribution in [1.82, 2.24) is 0 Å². The van der Waals surface area contributed by atoms with E-state index < -0.39 is 0 Å². The van der Waals surface area contributed by atoms with Crippen LogP contribution in [0.15, 0.2) is 18.2 Å². The average Bonchev–Trinajstić information content (AvgIpc) is 2.96. The normalized spacial score (nSPS) is 23.9. The fourth-order valence-electron chi connectivity index (χ4n) is 2.92. The number of halogens is 1. The first-order chi connectivity index (χ1) is 9.80. The predicted molar refractivity (Wildman–Crippen MR) is 88.6 cm³/mol. The lowest BCUT2D eigenvalue weighted by Crippen LogP contribution is -2.41. The van der Waals surface area contributed by atoms with Gasteiger partial charge in [0.2, 0.25) is 0 Å². The lowest BCUT2D eigenvalue weighted by Gasteiger charge is -2.32. The van der Waals surface area contributed by atoms with Gasteiger partial charge >= 0.3 is 7.12 Å². The Balaban J connectivity index is 1.96. The zero-order valence-electron chi connectivity index (χ0n) is 13.3. The van der Waals surface area contributed by atoms with Gasteiger partial charge in [0.15, 0.2) is 0 Å². The highest BCUT2D eigenvalue weighted by Crippen LogP contribution is 2.37. The number of anilines is 1. The van der Waals surface area contributed by atoms with E-state index in [2.05, 4.69) is 32.6 Å². The van der Waals surface area contributed by atoms with Crippen LogP contribution in [0, 0.1) is 0 Å². The summed E-state index contributed by atoms with van der Waals surface area (Å²) in [6, 6.07) is 5.99. The molecule has 0 aromatic heterocycles. The van der Waals surface area contributed by atoms with Gasteiger partial charge in [-0.1, -0.05) is 17.7 Å². The number of rotatable bonds is 2. The maximum Gasteiger partial charge on any atom is 0.496 e. The van der Waals surface area contributed by atoms with Gasteiger partial charge in [0.05, 0.1) is 11.2 Å². The predicted octanol–water partition coefficient (Wildman–Crippen LogP) is 3.24. The van der Waals surface area contributed by atoms with Crippen LogP contribution in [0.2, 0.25) is 5.02 Å². The minimum atomic E-state index is -0.331. The molecule has 1 aromatic carbocycles. The van der Waals surface area contributed by atoms with Gasteiger partial charge in [0.25, 0.3) is 0 Å². The minimum absolute atomic E-state index is 0.320. The van der Waals surface area contributed by atoms with Crippen molar-refractivity contribution in [3.8, 4) is 0 Å². The second-order valence-electron chi connectivity index (χ2n) is 6.99. The molecule has 0 amide bonds. The highest BCUT2D eigenvalue weighted by Gasteiger charge is 2.52. The third-order valence-electron chi connectivity index (χ3n) is 4.95. The van der Waals surface area contributed by atoms with Gasteiger partial charge in [-0.2, -0.15) is 0 Å². The highest BCUT2D eigenvalue weighted by atomic mass is 35.5. The van der Waals surface area contributed by atoms with Crippen LogP contribution < -0.4 is 10.4 Å². The molecular weight excluding hydrogens is 284 g/mol. The van der Waals surface area contributed by atoms with Crippen molar-refractivity contribution in [2.45, 2.75) is 51.7 Å². The maximum absolute atomic E-state index is 6.21. The van der Waals surface area contributed by atoms with Gasteiger partial charge in [-0.05, 0) is 52.7 Å². The Morgan fingerprint density at radius 3 is 2.19 bits per heavy atom. The Morgan fingerprint density at radius 2 is 1.62 bits per heavy atom. The molecule has 1 aromatic rings. The molecular formula is C16H23BClNO2. The summed E-state index contributed by atoms with van der Waals surface area (Å²) < 4.78 is 12.4. The third-order valence-corrected chi connectivity index (χ3v) is 5.18. The van der Waals surface area contributed by atoms with E-state index in [1.807, 2.05) is 18.2 Å². The van der Waals surface area contributed by atoms with Crippen LogP contribution in [0.1, 0.15) is 40.5 Å². The molecule has 0 unspecified atom stereocenters. The van der Waals surface area contributed by atoms with Crippen LogP contribution in [-0.4, -0.2) is 31.4 Å². The van der Waals surface area contributed by atoms with Crippen molar-refractivity contribution in [1.29, 1.82) is 0 Å². The zero-order chi connectivity index (χ0) is 15.3. The summed E-state index contributed by atoms with van der Waals surface area (Å²) in [7, 11) is -0.331. The first-order valence-electron chi connectivity index (χ1n) is 7.70. The SMILES string of the molecule is CC1(C)OB(c2ccc(Cl)cc2N2CCCC2)OC1(C)C. The average molecular weight is 308 g/mol. The van der Waals surface area contributed by atoms with E-state index in [-0.39, 0.29) is 18.3 Å². The molecule has 3 nitrogen and oxygen atoms in total. The quantitative estimate of drug-likeness (QED) is 0.783. The number of hydrogen-bond acceptors (Lipinski definition) is 3. The molecule has 0 radical (unpaired) electrons. The molecule has 21 heavy (non-hydrogen) atoms. The molecule has 114 valence electrons. The number of nitrogens with zero attached hydrogens (tertiary/aromatic N) is 1. The van der Waals surface area contributed by atoms with Gasteiger partial charge in [0.1, 0.15) is 0 Å². The fraction of sp³-hybridized carbons (Fsp3) is 0.625. The van der Waals surface area contributed by atoms with Crippen molar-refractivity contribution in [2.24, 2.45) is 0 Å². The summed E-state index contributed by atoms with van der Waals surface area (Å²) in [5.41, 5.74) is 1.59. The molecule has 0 N–H and O–H groups in total. The number of benzene rings is 1. The molecule has 3 rings (SSSR count). The molecule has 2 heterocycles. The summed E-state index contributed by atoms with van der Waals surface area (Å²) in [5.74, 6) is 0. The molecule has 2 fully saturated rings. The van der Waals surface area contributed by atoms with Crippen LogP contribution in [-0.2, 0) is 9.31 Å². The largest absolute Gasteiger partial charge is 0.496 e. The Morgan fingerprint density at radius 1 is 1.05 bits per heavy atom. The summed E-state index contributed by atoms with van der Waals surface area (Å²) in [6.07, 6.45) is 2.46. The molecule has 0 atom stereocenters. The molecule has 0 saturated carbocycles. The van der Waals surface area contributed by atoms with Crippen LogP contribution in [0.3, 0.4) is 0 Å². The molecule has 0 aliphatic carbocycles. The molecule has 0 bridgehead atoms. The number of hydrogen-bond donors (Lipinski definition) is 0. The van der Waals surface area contributed by atoms with Crippen molar-refractivity contribution in [2.75, 3.05) is 18.0 Å². The Kier molecular flexibility index (Phi) is 3.75. The smallest absolute Gasteiger partial charge is 0.399 e. The Labute approximate surface area is 132 Å². The third kappa shape index (κ3) is 2.69. The first-order valence-corrected chi connectivity index (χ1v) is 8.08. The topological polar surface area (TPSA) is 21.7 Å². The second-order valence-corrected chi connectivity index (χ2v) is 7.42. The van der Waals surface area contributed by atoms with E-state index in [0.29, 0.717) is 0 Å². The Hall–Kier alpha value is -0.705. The van der Waals surface area contributed by atoms with Gasteiger partial charge in [-0.25, -0.2) is 0 Å². The summed E-state index contributed by atoms with van der Waals surface area (Å²) >= 11 is 6.21. The van der Waals surface area contributed by atoms with E-state index in [9.17, 15) is 0 Å². The zero-order valence-corrected chi connectivity index (χ0v) is 14.0. The summed E-state index contributed by atoms with van der Waals surface area (Å²) in [5, 5.41) is 0.761. The standard InChI is InChI=1S/C16H23BClNO2/c1-15(2)16(3,4)21-17(20-15)13-8-7-12(18)11-14(13)19-9-5-6-10-19/h7-8,11H,5-6,9-10H2,1-4H3. The van der Waals surface area contributed by atoms with E-state index in [0.717, 1.165) is 29.3 Å². The fourth-order valence-corrected chi connectivity index (χ4v) is 3.08. The molecule has 2 aliphatic heterocycles. The van der Waals surface area contributed by atoms with Gasteiger partial charge in [0, 0.05) is 29.3 Å². The van der Waals surface area contributed by atoms with Crippen LogP contribution in [0.25, 0.3) is 0 Å². The van der Waals surface area contributed by atoms with Crippen LogP contribution >= 0.6 is 11.6 Å². The second kappa shape index (κ2) is 5.18. The summed E-state index contributed by atoms with van der Waals surface area (Å²) in [4.78, 5) is 2.38. The van der Waals surface area contributed by atoms with Gasteiger partial charge in [-0.3, -0.25) is 0 Å². The van der Waals surface area contributed by atoms with E-state index in [1.54, 1.807) is 0 Å². The monoisotopic (exact) mass is 307 g/mol. The van der Waals surface area contributed by atoms with Crippen molar-refractivity contribution in [3.05, 3.63) is 23.2 Å². The first kappa shape index (κ1) is 15.2. The van der Waals surface area contributed by atoms with Crippen LogP contribution in [0.4, 0.5) is 5.69 Å². The van der Waals surface area contributed by atoms with E-state index in [4.69, 9.17) is 20.9 Å². The van der Waals surface area contributed by atoms with Crippen molar-refractivity contribution < 1.29 is 9.31 Å².